The van der Waals surface area contributed by atoms with Gasteiger partial charge in [0.1, 0.15) is 18.1 Å². The summed E-state index contributed by atoms with van der Waals surface area (Å²) < 4.78 is 5.56. The van der Waals surface area contributed by atoms with Crippen molar-refractivity contribution in [3.05, 3.63) is 58.6 Å². The summed E-state index contributed by atoms with van der Waals surface area (Å²) in [5, 5.41) is 9.74. The van der Waals surface area contributed by atoms with Gasteiger partial charge >= 0.3 is 0 Å². The van der Waals surface area contributed by atoms with Gasteiger partial charge in [-0.05, 0) is 42.8 Å². The van der Waals surface area contributed by atoms with Crippen LogP contribution in [0.25, 0.3) is 0 Å². The monoisotopic (exact) mass is 276 g/mol. The van der Waals surface area contributed by atoms with Crippen molar-refractivity contribution in [2.75, 3.05) is 0 Å². The third-order valence-electron chi connectivity index (χ3n) is 2.64. The van der Waals surface area contributed by atoms with E-state index in [-0.39, 0.29) is 11.5 Å². The Morgan fingerprint density at radius 3 is 2.68 bits per heavy atom. The van der Waals surface area contributed by atoms with E-state index < -0.39 is 0 Å². The Balaban J connectivity index is 2.10. The number of ether oxygens (including phenoxy) is 1. The van der Waals surface area contributed by atoms with Crippen LogP contribution in [0.3, 0.4) is 0 Å². The Bertz CT molecular complexity index is 608. The summed E-state index contributed by atoms with van der Waals surface area (Å²) in [7, 11) is 0. The average Bonchev–Trinajstić information content (AvgIpc) is 2.37. The lowest BCUT2D eigenvalue weighted by Gasteiger charge is -2.09. The van der Waals surface area contributed by atoms with Crippen LogP contribution in [0.15, 0.2) is 42.5 Å². The smallest absolute Gasteiger partial charge is 0.159 e. The van der Waals surface area contributed by atoms with E-state index in [1.807, 2.05) is 6.07 Å². The molecule has 0 radical (unpaired) electrons. The van der Waals surface area contributed by atoms with Crippen LogP contribution >= 0.6 is 11.6 Å². The molecule has 98 valence electrons. The van der Waals surface area contributed by atoms with Gasteiger partial charge in [-0.25, -0.2) is 0 Å². The summed E-state index contributed by atoms with van der Waals surface area (Å²) in [6, 6.07) is 11.7. The summed E-state index contributed by atoms with van der Waals surface area (Å²) in [5.41, 5.74) is 1.39. The van der Waals surface area contributed by atoms with Gasteiger partial charge in [-0.15, -0.1) is 0 Å². The topological polar surface area (TPSA) is 46.5 Å². The van der Waals surface area contributed by atoms with Crippen molar-refractivity contribution in [1.82, 2.24) is 0 Å². The molecule has 0 unspecified atom stereocenters. The predicted molar refractivity (Wildman–Crippen MR) is 73.9 cm³/mol. The van der Waals surface area contributed by atoms with E-state index in [2.05, 4.69) is 0 Å². The molecule has 0 spiro atoms. The Morgan fingerprint density at radius 1 is 1.26 bits per heavy atom. The molecule has 4 heteroatoms. The van der Waals surface area contributed by atoms with Crippen LogP contribution in [0.5, 0.6) is 11.5 Å². The standard InChI is InChI=1S/C15H13ClO3/c1-10(17)12-5-6-15(14(16)8-12)19-9-11-3-2-4-13(18)7-11/h2-8,18H,9H2,1H3. The van der Waals surface area contributed by atoms with E-state index in [1.165, 1.54) is 6.92 Å². The number of aromatic hydroxyl groups is 1. The number of phenolic OH excluding ortho intramolecular Hbond substituents is 1. The zero-order valence-corrected chi connectivity index (χ0v) is 11.1. The molecule has 0 aliphatic rings. The third-order valence-corrected chi connectivity index (χ3v) is 2.94. The second kappa shape index (κ2) is 5.76. The molecule has 3 nitrogen and oxygen atoms in total. The van der Waals surface area contributed by atoms with Crippen LogP contribution in [0.2, 0.25) is 5.02 Å². The number of rotatable bonds is 4. The second-order valence-corrected chi connectivity index (χ2v) is 4.57. The number of carbonyl (C=O) groups is 1. The number of Topliss-reactive ketones (excluding diaryl/α,β-unsaturated/α-hetero) is 1. The van der Waals surface area contributed by atoms with Crippen LogP contribution < -0.4 is 4.74 Å². The first kappa shape index (κ1) is 13.4. The highest BCUT2D eigenvalue weighted by molar-refractivity contribution is 6.32. The molecule has 2 rings (SSSR count). The van der Waals surface area contributed by atoms with E-state index in [0.29, 0.717) is 22.9 Å². The summed E-state index contributed by atoms with van der Waals surface area (Å²) in [4.78, 5) is 11.2. The Hall–Kier alpha value is -2.00. The summed E-state index contributed by atoms with van der Waals surface area (Å²) in [6.07, 6.45) is 0. The summed E-state index contributed by atoms with van der Waals surface area (Å²) in [5.74, 6) is 0.663. The molecule has 0 heterocycles. The van der Waals surface area contributed by atoms with Gasteiger partial charge in [0.05, 0.1) is 5.02 Å². The third kappa shape index (κ3) is 3.48. The van der Waals surface area contributed by atoms with E-state index in [4.69, 9.17) is 16.3 Å². The maximum atomic E-state index is 11.2. The van der Waals surface area contributed by atoms with E-state index in [0.717, 1.165) is 5.56 Å². The molecule has 0 saturated heterocycles. The largest absolute Gasteiger partial charge is 0.508 e. The molecule has 0 atom stereocenters. The highest BCUT2D eigenvalue weighted by Gasteiger charge is 2.06. The molecular formula is C15H13ClO3. The molecule has 0 bridgehead atoms. The van der Waals surface area contributed by atoms with Gasteiger partial charge < -0.3 is 9.84 Å². The molecule has 0 aliphatic carbocycles. The van der Waals surface area contributed by atoms with Crippen molar-refractivity contribution in [3.8, 4) is 11.5 Å². The van der Waals surface area contributed by atoms with Crippen molar-refractivity contribution >= 4 is 17.4 Å². The van der Waals surface area contributed by atoms with E-state index in [9.17, 15) is 9.90 Å². The molecule has 1 N–H and O–H groups in total. The summed E-state index contributed by atoms with van der Waals surface area (Å²) in [6.45, 7) is 1.78. The normalized spacial score (nSPS) is 10.2. The molecule has 19 heavy (non-hydrogen) atoms. The lowest BCUT2D eigenvalue weighted by atomic mass is 10.1. The van der Waals surface area contributed by atoms with Gasteiger partial charge in [0.15, 0.2) is 5.78 Å². The summed E-state index contributed by atoms with van der Waals surface area (Å²) >= 11 is 6.04. The van der Waals surface area contributed by atoms with Crippen molar-refractivity contribution in [2.24, 2.45) is 0 Å². The first-order chi connectivity index (χ1) is 9.06. The van der Waals surface area contributed by atoms with Crippen LogP contribution in [0.1, 0.15) is 22.8 Å². The van der Waals surface area contributed by atoms with E-state index >= 15 is 0 Å². The predicted octanol–water partition coefficient (Wildman–Crippen LogP) is 3.83. The molecule has 0 fully saturated rings. The van der Waals surface area contributed by atoms with Crippen molar-refractivity contribution < 1.29 is 14.6 Å². The number of benzene rings is 2. The highest BCUT2D eigenvalue weighted by Crippen LogP contribution is 2.26. The molecule has 2 aromatic carbocycles. The number of ketones is 1. The van der Waals surface area contributed by atoms with Crippen molar-refractivity contribution in [1.29, 1.82) is 0 Å². The van der Waals surface area contributed by atoms with Gasteiger partial charge in [-0.2, -0.15) is 0 Å². The molecule has 0 amide bonds. The fourth-order valence-electron chi connectivity index (χ4n) is 1.64. The number of hydrogen-bond acceptors (Lipinski definition) is 3. The minimum absolute atomic E-state index is 0.0403. The van der Waals surface area contributed by atoms with Gasteiger partial charge in [0.25, 0.3) is 0 Å². The SMILES string of the molecule is CC(=O)c1ccc(OCc2cccc(O)c2)c(Cl)c1. The van der Waals surface area contributed by atoms with Crippen molar-refractivity contribution in [2.45, 2.75) is 13.5 Å². The molecule has 0 aliphatic heterocycles. The molecular weight excluding hydrogens is 264 g/mol. The number of carbonyl (C=O) groups excluding carboxylic acids is 1. The number of hydrogen-bond donors (Lipinski definition) is 1. The Morgan fingerprint density at radius 2 is 2.05 bits per heavy atom. The maximum Gasteiger partial charge on any atom is 0.159 e. The minimum atomic E-state index is -0.0403. The first-order valence-electron chi connectivity index (χ1n) is 5.77. The van der Waals surface area contributed by atoms with Crippen LogP contribution in [0, 0.1) is 0 Å². The van der Waals surface area contributed by atoms with Gasteiger partial charge in [0, 0.05) is 5.56 Å². The quantitative estimate of drug-likeness (QED) is 0.864. The Kier molecular flexibility index (Phi) is 4.07. The molecule has 0 saturated carbocycles. The minimum Gasteiger partial charge on any atom is -0.508 e. The van der Waals surface area contributed by atoms with Gasteiger partial charge in [-0.1, -0.05) is 23.7 Å². The van der Waals surface area contributed by atoms with E-state index in [1.54, 1.807) is 36.4 Å². The zero-order valence-electron chi connectivity index (χ0n) is 10.4. The first-order valence-corrected chi connectivity index (χ1v) is 6.15. The second-order valence-electron chi connectivity index (χ2n) is 4.16. The van der Waals surface area contributed by atoms with Gasteiger partial charge in [0.2, 0.25) is 0 Å². The number of halogens is 1. The molecule has 0 aromatic heterocycles. The van der Waals surface area contributed by atoms with Crippen molar-refractivity contribution in [3.63, 3.8) is 0 Å². The fourth-order valence-corrected chi connectivity index (χ4v) is 1.88. The number of phenols is 1. The van der Waals surface area contributed by atoms with Gasteiger partial charge in [-0.3, -0.25) is 4.79 Å². The lowest BCUT2D eigenvalue weighted by Crippen LogP contribution is -1.97. The van der Waals surface area contributed by atoms with Crippen LogP contribution in [-0.2, 0) is 6.61 Å². The fraction of sp³-hybridized carbons (Fsp3) is 0.133. The lowest BCUT2D eigenvalue weighted by molar-refractivity contribution is 0.101. The van der Waals surface area contributed by atoms with Crippen LogP contribution in [-0.4, -0.2) is 10.9 Å². The highest BCUT2D eigenvalue weighted by atomic mass is 35.5. The molecule has 2 aromatic rings. The van der Waals surface area contributed by atoms with Crippen LogP contribution in [0.4, 0.5) is 0 Å². The zero-order chi connectivity index (χ0) is 13.8. The average molecular weight is 277 g/mol. The Labute approximate surface area is 116 Å². The maximum absolute atomic E-state index is 11.2.